The van der Waals surface area contributed by atoms with Gasteiger partial charge >= 0.3 is 0 Å². The third kappa shape index (κ3) is 2.96. The fourth-order valence-electron chi connectivity index (χ4n) is 6.41. The Kier molecular flexibility index (Phi) is 4.28. The van der Waals surface area contributed by atoms with Gasteiger partial charge in [0.25, 0.3) is 11.8 Å². The summed E-state index contributed by atoms with van der Waals surface area (Å²) in [5.41, 5.74) is 1.95. The van der Waals surface area contributed by atoms with Gasteiger partial charge < -0.3 is 4.74 Å². The Morgan fingerprint density at radius 3 is 2.26 bits per heavy atom. The van der Waals surface area contributed by atoms with Gasteiger partial charge in [-0.05, 0) is 76.3 Å². The van der Waals surface area contributed by atoms with E-state index >= 15 is 0 Å². The van der Waals surface area contributed by atoms with Crippen molar-refractivity contribution in [2.75, 3.05) is 0 Å². The number of fused-ring (bicyclic) bond motifs is 1. The summed E-state index contributed by atoms with van der Waals surface area (Å²) < 4.78 is 6.01. The van der Waals surface area contributed by atoms with E-state index in [-0.39, 0.29) is 35.5 Å². The number of hydrogen-bond acceptors (Lipinski definition) is 4. The standard InChI is InChI=1S/C29H24N2O3/c32-28-26-22-12-13-23(25-14-24(22)25)27(26)29(33)31(28)30-15-17-8-10-20(11-9-17)34-16-19-6-3-5-18-4-1-2-7-21(18)19/h1-13,15,22-27H,14,16H2/t22-,23-,24-,25+,26+,27+/m0/s1. The molecule has 3 aromatic carbocycles. The molecule has 0 unspecified atom stereocenters. The topological polar surface area (TPSA) is 59.0 Å². The van der Waals surface area contributed by atoms with Crippen molar-refractivity contribution in [2.45, 2.75) is 13.0 Å². The van der Waals surface area contributed by atoms with Crippen molar-refractivity contribution in [3.05, 3.63) is 90.0 Å². The van der Waals surface area contributed by atoms with Crippen LogP contribution in [-0.2, 0) is 16.2 Å². The Balaban J connectivity index is 1.04. The number of carbonyl (C=O) groups excluding carboxylic acids is 2. The number of imide groups is 1. The number of carbonyl (C=O) groups is 2. The lowest BCUT2D eigenvalue weighted by Crippen LogP contribution is -2.40. The molecule has 0 radical (unpaired) electrons. The normalized spacial score (nSPS) is 30.8. The molecule has 5 aliphatic rings. The average molecular weight is 449 g/mol. The van der Waals surface area contributed by atoms with Gasteiger partial charge in [0, 0.05) is 0 Å². The van der Waals surface area contributed by atoms with E-state index in [2.05, 4.69) is 41.5 Å². The van der Waals surface area contributed by atoms with E-state index in [1.54, 1.807) is 6.21 Å². The fraction of sp³-hybridized carbons (Fsp3) is 0.276. The molecule has 4 aliphatic carbocycles. The van der Waals surface area contributed by atoms with Gasteiger partial charge in [-0.3, -0.25) is 9.59 Å². The number of hydrazone groups is 1. The first kappa shape index (κ1) is 19.7. The van der Waals surface area contributed by atoms with Gasteiger partial charge in [-0.2, -0.15) is 10.1 Å². The molecule has 0 N–H and O–H groups in total. The predicted molar refractivity (Wildman–Crippen MR) is 129 cm³/mol. The molecule has 0 spiro atoms. The molecule has 168 valence electrons. The number of nitrogens with zero attached hydrogens (tertiary/aromatic N) is 2. The fourth-order valence-corrected chi connectivity index (χ4v) is 6.41. The predicted octanol–water partition coefficient (Wildman–Crippen LogP) is 4.81. The van der Waals surface area contributed by atoms with Crippen LogP contribution in [0, 0.1) is 35.5 Å². The SMILES string of the molecule is O=C1[C@@H]2[C@H]3C=C[C@@H]([C@@H]4C[C@H]34)[C@H]2C(=O)N1N=Cc1ccc(OCc2cccc3ccccc23)cc1. The van der Waals surface area contributed by atoms with Gasteiger partial charge in [-0.25, -0.2) is 0 Å². The molecule has 2 bridgehead atoms. The van der Waals surface area contributed by atoms with E-state index in [0.717, 1.165) is 28.3 Å². The van der Waals surface area contributed by atoms with Crippen LogP contribution in [0.2, 0.25) is 0 Å². The van der Waals surface area contributed by atoms with Crippen molar-refractivity contribution in [2.24, 2.45) is 40.6 Å². The Hall–Kier alpha value is -3.73. The highest BCUT2D eigenvalue weighted by Crippen LogP contribution is 2.65. The highest BCUT2D eigenvalue weighted by molar-refractivity contribution is 6.06. The number of ether oxygens (including phenoxy) is 1. The highest BCUT2D eigenvalue weighted by Gasteiger charge is 2.67. The molecule has 3 fully saturated rings. The van der Waals surface area contributed by atoms with Crippen LogP contribution >= 0.6 is 0 Å². The molecular formula is C29H24N2O3. The highest BCUT2D eigenvalue weighted by atomic mass is 16.5. The molecule has 1 heterocycles. The third-order valence-electron chi connectivity index (χ3n) is 8.12. The number of amides is 2. The van der Waals surface area contributed by atoms with Crippen LogP contribution in [0.5, 0.6) is 5.75 Å². The van der Waals surface area contributed by atoms with E-state index in [0.29, 0.717) is 18.4 Å². The Morgan fingerprint density at radius 2 is 1.53 bits per heavy atom. The molecule has 8 rings (SSSR count). The number of rotatable bonds is 5. The second-order valence-electron chi connectivity index (χ2n) is 9.88. The lowest BCUT2D eigenvalue weighted by Gasteiger charge is -2.37. The lowest BCUT2D eigenvalue weighted by molar-refractivity contribution is -0.140. The zero-order valence-corrected chi connectivity index (χ0v) is 18.6. The van der Waals surface area contributed by atoms with E-state index in [1.165, 1.54) is 10.8 Å². The van der Waals surface area contributed by atoms with Crippen LogP contribution in [0.3, 0.4) is 0 Å². The molecule has 1 saturated heterocycles. The van der Waals surface area contributed by atoms with Crippen LogP contribution in [0.15, 0.2) is 84.0 Å². The van der Waals surface area contributed by atoms with Crippen LogP contribution in [0.1, 0.15) is 17.5 Å². The first-order valence-electron chi connectivity index (χ1n) is 12.0. The van der Waals surface area contributed by atoms with Crippen LogP contribution in [0.4, 0.5) is 0 Å². The molecule has 3 aromatic rings. The van der Waals surface area contributed by atoms with Crippen molar-refractivity contribution in [3.63, 3.8) is 0 Å². The number of hydrogen-bond donors (Lipinski definition) is 0. The minimum Gasteiger partial charge on any atom is -0.489 e. The smallest absolute Gasteiger partial charge is 0.254 e. The van der Waals surface area contributed by atoms with Crippen molar-refractivity contribution >= 4 is 28.8 Å². The summed E-state index contributed by atoms with van der Waals surface area (Å²) in [5.74, 6) is 1.69. The summed E-state index contributed by atoms with van der Waals surface area (Å²) in [7, 11) is 0. The third-order valence-corrected chi connectivity index (χ3v) is 8.12. The molecule has 5 nitrogen and oxygen atoms in total. The maximum atomic E-state index is 13.0. The first-order chi connectivity index (χ1) is 16.7. The summed E-state index contributed by atoms with van der Waals surface area (Å²) >= 11 is 0. The summed E-state index contributed by atoms with van der Waals surface area (Å²) in [5, 5.41) is 7.82. The molecule has 1 aliphatic heterocycles. The van der Waals surface area contributed by atoms with Gasteiger partial charge in [-0.15, -0.1) is 0 Å². The molecule has 0 aromatic heterocycles. The van der Waals surface area contributed by atoms with E-state index in [9.17, 15) is 9.59 Å². The molecule has 2 amide bonds. The van der Waals surface area contributed by atoms with Crippen molar-refractivity contribution in [1.29, 1.82) is 0 Å². The molecule has 34 heavy (non-hydrogen) atoms. The van der Waals surface area contributed by atoms with E-state index < -0.39 is 0 Å². The maximum absolute atomic E-state index is 13.0. The van der Waals surface area contributed by atoms with Gasteiger partial charge in [0.05, 0.1) is 18.1 Å². The van der Waals surface area contributed by atoms with Gasteiger partial charge in [0.2, 0.25) is 0 Å². The summed E-state index contributed by atoms with van der Waals surface area (Å²) in [6.07, 6.45) is 7.11. The van der Waals surface area contributed by atoms with Gasteiger partial charge in [-0.1, -0.05) is 54.6 Å². The Morgan fingerprint density at radius 1 is 0.853 bits per heavy atom. The monoisotopic (exact) mass is 448 g/mol. The summed E-state index contributed by atoms with van der Waals surface area (Å²) in [6.45, 7) is 0.479. The van der Waals surface area contributed by atoms with Crippen LogP contribution in [0.25, 0.3) is 10.8 Å². The van der Waals surface area contributed by atoms with Crippen LogP contribution < -0.4 is 4.74 Å². The Labute approximate surface area is 197 Å². The quantitative estimate of drug-likeness (QED) is 0.320. The zero-order chi connectivity index (χ0) is 22.8. The molecular weight excluding hydrogens is 424 g/mol. The maximum Gasteiger partial charge on any atom is 0.254 e. The first-order valence-corrected chi connectivity index (χ1v) is 12.0. The lowest BCUT2D eigenvalue weighted by atomic mass is 9.63. The molecule has 5 heteroatoms. The molecule has 6 atom stereocenters. The second kappa shape index (κ2) is 7.39. The van der Waals surface area contributed by atoms with E-state index in [1.807, 2.05) is 42.5 Å². The van der Waals surface area contributed by atoms with Crippen molar-refractivity contribution < 1.29 is 14.3 Å². The largest absolute Gasteiger partial charge is 0.489 e. The number of benzene rings is 3. The zero-order valence-electron chi connectivity index (χ0n) is 18.6. The summed E-state index contributed by atoms with van der Waals surface area (Å²) in [4.78, 5) is 26.1. The van der Waals surface area contributed by atoms with E-state index in [4.69, 9.17) is 4.74 Å². The van der Waals surface area contributed by atoms with Crippen molar-refractivity contribution in [3.8, 4) is 5.75 Å². The Bertz CT molecular complexity index is 1330. The van der Waals surface area contributed by atoms with Gasteiger partial charge in [0.15, 0.2) is 0 Å². The summed E-state index contributed by atoms with van der Waals surface area (Å²) in [6, 6.07) is 22.1. The number of allylic oxidation sites excluding steroid dienone is 2. The molecule has 2 saturated carbocycles. The second-order valence-corrected chi connectivity index (χ2v) is 9.88. The van der Waals surface area contributed by atoms with Crippen LogP contribution in [-0.4, -0.2) is 23.0 Å². The van der Waals surface area contributed by atoms with Crippen molar-refractivity contribution in [1.82, 2.24) is 5.01 Å². The minimum absolute atomic E-state index is 0.133. The van der Waals surface area contributed by atoms with Gasteiger partial charge in [0.1, 0.15) is 12.4 Å². The average Bonchev–Trinajstić information content (AvgIpc) is 3.66. The minimum atomic E-state index is -0.215.